The van der Waals surface area contributed by atoms with Crippen molar-refractivity contribution in [2.45, 2.75) is 75.5 Å². The molecule has 2 N–H and O–H groups in total. The minimum atomic E-state index is -0.131. The van der Waals surface area contributed by atoms with Crippen molar-refractivity contribution in [3.8, 4) is 0 Å². The quantitative estimate of drug-likeness (QED) is 0.755. The fraction of sp³-hybridized carbons (Fsp3) is 1.00. The van der Waals surface area contributed by atoms with Crippen LogP contribution in [0.3, 0.4) is 0 Å². The molecule has 0 radical (unpaired) electrons. The Bertz CT molecular complexity index is 249. The number of hydrogen-bond donors (Lipinski definition) is 2. The van der Waals surface area contributed by atoms with E-state index < -0.39 is 0 Å². The Labute approximate surface area is 112 Å². The Hall–Kier alpha value is -0.120. The molecule has 0 aromatic rings. The Kier molecular flexibility index (Phi) is 5.05. The summed E-state index contributed by atoms with van der Waals surface area (Å²) in [6, 6.07) is 0.324. The molecule has 2 rings (SSSR count). The molecule has 3 nitrogen and oxygen atoms in total. The smallest absolute Gasteiger partial charge is 0.0693 e. The van der Waals surface area contributed by atoms with Gasteiger partial charge in [0.15, 0.2) is 0 Å². The van der Waals surface area contributed by atoms with Crippen LogP contribution in [0.4, 0.5) is 0 Å². The Morgan fingerprint density at radius 1 is 1.06 bits per heavy atom. The predicted molar refractivity (Wildman–Crippen MR) is 75.8 cm³/mol. The van der Waals surface area contributed by atoms with E-state index in [4.69, 9.17) is 0 Å². The third kappa shape index (κ3) is 3.25. The van der Waals surface area contributed by atoms with Crippen molar-refractivity contribution < 1.29 is 5.11 Å². The topological polar surface area (TPSA) is 35.5 Å². The Balaban J connectivity index is 1.88. The van der Waals surface area contributed by atoms with Crippen molar-refractivity contribution in [2.24, 2.45) is 0 Å². The van der Waals surface area contributed by atoms with Gasteiger partial charge in [-0.05, 0) is 39.8 Å². The van der Waals surface area contributed by atoms with Gasteiger partial charge in [-0.25, -0.2) is 0 Å². The van der Waals surface area contributed by atoms with Gasteiger partial charge in [-0.3, -0.25) is 0 Å². The number of rotatable bonds is 4. The number of nitrogens with zero attached hydrogens (tertiary/aromatic N) is 1. The molecule has 2 unspecified atom stereocenters. The SMILES string of the molecule is CN(C)C1(CNC2CCCCCC2O)CCCC1. The molecule has 2 atom stereocenters. The first-order chi connectivity index (χ1) is 8.64. The van der Waals surface area contributed by atoms with Crippen LogP contribution in [0.25, 0.3) is 0 Å². The Morgan fingerprint density at radius 3 is 2.39 bits per heavy atom. The van der Waals surface area contributed by atoms with Crippen LogP contribution < -0.4 is 5.32 Å². The highest BCUT2D eigenvalue weighted by molar-refractivity contribution is 4.96. The predicted octanol–water partition coefficient (Wildman–Crippen LogP) is 2.14. The van der Waals surface area contributed by atoms with Gasteiger partial charge in [0.05, 0.1) is 6.10 Å². The molecule has 2 aliphatic carbocycles. The van der Waals surface area contributed by atoms with Crippen LogP contribution in [0.1, 0.15) is 57.8 Å². The summed E-state index contributed by atoms with van der Waals surface area (Å²) < 4.78 is 0. The molecule has 106 valence electrons. The molecule has 2 saturated carbocycles. The molecule has 0 aromatic carbocycles. The molecule has 0 amide bonds. The first-order valence-electron chi connectivity index (χ1n) is 7.73. The summed E-state index contributed by atoms with van der Waals surface area (Å²) >= 11 is 0. The van der Waals surface area contributed by atoms with Crippen LogP contribution in [0.15, 0.2) is 0 Å². The van der Waals surface area contributed by atoms with E-state index in [1.54, 1.807) is 0 Å². The fourth-order valence-corrected chi connectivity index (χ4v) is 3.66. The zero-order valence-electron chi connectivity index (χ0n) is 12.1. The molecule has 18 heavy (non-hydrogen) atoms. The molecule has 0 saturated heterocycles. The number of aliphatic hydroxyl groups is 1. The lowest BCUT2D eigenvalue weighted by Gasteiger charge is -2.38. The standard InChI is InChI=1S/C15H30N2O/c1-17(2)15(10-6-7-11-15)12-16-13-8-4-3-5-9-14(13)18/h13-14,16,18H,3-12H2,1-2H3. The van der Waals surface area contributed by atoms with E-state index in [1.807, 2.05) is 0 Å². The highest BCUT2D eigenvalue weighted by Crippen LogP contribution is 2.33. The van der Waals surface area contributed by atoms with Gasteiger partial charge in [0.1, 0.15) is 0 Å². The molecule has 0 spiro atoms. The van der Waals surface area contributed by atoms with Crippen LogP contribution in [-0.4, -0.2) is 48.3 Å². The highest BCUT2D eigenvalue weighted by Gasteiger charge is 2.36. The number of aliphatic hydroxyl groups excluding tert-OH is 1. The van der Waals surface area contributed by atoms with Crippen LogP contribution in [0, 0.1) is 0 Å². The molecule has 0 heterocycles. The van der Waals surface area contributed by atoms with Crippen molar-refractivity contribution >= 4 is 0 Å². The molecular formula is C15H30N2O. The molecule has 2 fully saturated rings. The van der Waals surface area contributed by atoms with E-state index in [0.29, 0.717) is 11.6 Å². The first kappa shape index (κ1) is 14.3. The summed E-state index contributed by atoms with van der Waals surface area (Å²) in [5.74, 6) is 0. The second-order valence-electron chi connectivity index (χ2n) is 6.52. The first-order valence-corrected chi connectivity index (χ1v) is 7.73. The average molecular weight is 254 g/mol. The fourth-order valence-electron chi connectivity index (χ4n) is 3.66. The largest absolute Gasteiger partial charge is 0.392 e. The third-order valence-corrected chi connectivity index (χ3v) is 5.16. The zero-order valence-corrected chi connectivity index (χ0v) is 12.1. The normalized spacial score (nSPS) is 32.7. The number of likely N-dealkylation sites (N-methyl/N-ethyl adjacent to an activating group) is 1. The summed E-state index contributed by atoms with van der Waals surface area (Å²) in [6.07, 6.45) is 11.0. The van der Waals surface area contributed by atoms with Gasteiger partial charge in [0, 0.05) is 18.1 Å². The summed E-state index contributed by atoms with van der Waals surface area (Å²) in [5.41, 5.74) is 0.339. The minimum Gasteiger partial charge on any atom is -0.392 e. The summed E-state index contributed by atoms with van der Waals surface area (Å²) in [6.45, 7) is 1.04. The highest BCUT2D eigenvalue weighted by atomic mass is 16.3. The number of nitrogens with one attached hydrogen (secondary N) is 1. The van der Waals surface area contributed by atoms with Crippen molar-refractivity contribution in [3.63, 3.8) is 0 Å². The minimum absolute atomic E-state index is 0.131. The van der Waals surface area contributed by atoms with Crippen molar-refractivity contribution in [1.82, 2.24) is 10.2 Å². The summed E-state index contributed by atoms with van der Waals surface area (Å²) in [7, 11) is 4.41. The second kappa shape index (κ2) is 6.36. The molecule has 0 aliphatic heterocycles. The van der Waals surface area contributed by atoms with Gasteiger partial charge in [-0.1, -0.05) is 32.1 Å². The van der Waals surface area contributed by atoms with E-state index in [2.05, 4.69) is 24.3 Å². The molecule has 0 bridgehead atoms. The third-order valence-electron chi connectivity index (χ3n) is 5.16. The van der Waals surface area contributed by atoms with Gasteiger partial charge in [0.25, 0.3) is 0 Å². The second-order valence-corrected chi connectivity index (χ2v) is 6.52. The van der Waals surface area contributed by atoms with Crippen molar-refractivity contribution in [3.05, 3.63) is 0 Å². The molecular weight excluding hydrogens is 224 g/mol. The van der Waals surface area contributed by atoms with Crippen LogP contribution in [0.2, 0.25) is 0 Å². The maximum absolute atomic E-state index is 10.2. The van der Waals surface area contributed by atoms with Gasteiger partial charge in [-0.2, -0.15) is 0 Å². The maximum atomic E-state index is 10.2. The van der Waals surface area contributed by atoms with E-state index in [0.717, 1.165) is 19.4 Å². The number of hydrogen-bond acceptors (Lipinski definition) is 3. The van der Waals surface area contributed by atoms with Gasteiger partial charge >= 0.3 is 0 Å². The zero-order chi connectivity index (χ0) is 13.0. The summed E-state index contributed by atoms with van der Waals surface area (Å²) in [5, 5.41) is 13.9. The average Bonchev–Trinajstić information content (AvgIpc) is 2.73. The lowest BCUT2D eigenvalue weighted by Crippen LogP contribution is -2.53. The Morgan fingerprint density at radius 2 is 1.72 bits per heavy atom. The monoisotopic (exact) mass is 254 g/mol. The van der Waals surface area contributed by atoms with E-state index in [9.17, 15) is 5.11 Å². The van der Waals surface area contributed by atoms with Crippen molar-refractivity contribution in [2.75, 3.05) is 20.6 Å². The van der Waals surface area contributed by atoms with Gasteiger partial charge in [0.2, 0.25) is 0 Å². The van der Waals surface area contributed by atoms with Gasteiger partial charge < -0.3 is 15.3 Å². The van der Waals surface area contributed by atoms with Crippen LogP contribution >= 0.6 is 0 Å². The van der Waals surface area contributed by atoms with E-state index >= 15 is 0 Å². The summed E-state index contributed by atoms with van der Waals surface area (Å²) in [4.78, 5) is 2.40. The maximum Gasteiger partial charge on any atom is 0.0693 e. The molecule has 0 aromatic heterocycles. The lowest BCUT2D eigenvalue weighted by molar-refractivity contribution is 0.0971. The van der Waals surface area contributed by atoms with Gasteiger partial charge in [-0.15, -0.1) is 0 Å². The van der Waals surface area contributed by atoms with Crippen LogP contribution in [-0.2, 0) is 0 Å². The lowest BCUT2D eigenvalue weighted by atomic mass is 9.94. The molecule has 2 aliphatic rings. The molecule has 3 heteroatoms. The van der Waals surface area contributed by atoms with Crippen molar-refractivity contribution in [1.29, 1.82) is 0 Å². The van der Waals surface area contributed by atoms with E-state index in [-0.39, 0.29) is 6.10 Å². The van der Waals surface area contributed by atoms with E-state index in [1.165, 1.54) is 44.9 Å². The van der Waals surface area contributed by atoms with Crippen LogP contribution in [0.5, 0.6) is 0 Å².